The highest BCUT2D eigenvalue weighted by molar-refractivity contribution is 8.00. The lowest BCUT2D eigenvalue weighted by Gasteiger charge is -2.24. The van der Waals surface area contributed by atoms with Crippen molar-refractivity contribution in [3.05, 3.63) is 102 Å². The Bertz CT molecular complexity index is 1040. The number of hydrogen-bond acceptors (Lipinski definition) is 4. The van der Waals surface area contributed by atoms with E-state index in [9.17, 15) is 9.59 Å². The third-order valence-corrected chi connectivity index (χ3v) is 6.81. The van der Waals surface area contributed by atoms with Crippen molar-refractivity contribution in [3.63, 3.8) is 0 Å². The molecule has 1 aliphatic heterocycles. The first-order valence-corrected chi connectivity index (χ1v) is 11.8. The van der Waals surface area contributed by atoms with Gasteiger partial charge < -0.3 is 15.1 Å². The molecule has 0 aliphatic carbocycles. The number of nitrogens with zero attached hydrogens (tertiary/aromatic N) is 2. The second-order valence-electron chi connectivity index (χ2n) is 7.81. The molecule has 1 aliphatic rings. The van der Waals surface area contributed by atoms with E-state index in [4.69, 9.17) is 0 Å². The number of amides is 2. The van der Waals surface area contributed by atoms with Crippen molar-refractivity contribution in [2.24, 2.45) is 0 Å². The fourth-order valence-corrected chi connectivity index (χ4v) is 4.92. The lowest BCUT2D eigenvalue weighted by atomic mass is 10.1. The number of benzene rings is 3. The first-order chi connectivity index (χ1) is 15.6. The molecule has 1 atom stereocenters. The van der Waals surface area contributed by atoms with E-state index >= 15 is 0 Å². The first-order valence-electron chi connectivity index (χ1n) is 10.7. The van der Waals surface area contributed by atoms with Gasteiger partial charge in [-0.05, 0) is 35.4 Å². The number of carbonyl (C=O) groups is 2. The second kappa shape index (κ2) is 10.4. The third kappa shape index (κ3) is 5.32. The molecule has 3 aromatic rings. The van der Waals surface area contributed by atoms with Gasteiger partial charge in [0.15, 0.2) is 0 Å². The van der Waals surface area contributed by atoms with Crippen LogP contribution in [0.5, 0.6) is 0 Å². The zero-order valence-corrected chi connectivity index (χ0v) is 18.9. The van der Waals surface area contributed by atoms with Gasteiger partial charge in [-0.15, -0.1) is 11.8 Å². The van der Waals surface area contributed by atoms with Gasteiger partial charge in [-0.3, -0.25) is 9.59 Å². The molecular weight excluding hydrogens is 418 g/mol. The summed E-state index contributed by atoms with van der Waals surface area (Å²) < 4.78 is 0. The Morgan fingerprint density at radius 2 is 1.66 bits per heavy atom. The minimum absolute atomic E-state index is 0.0284. The van der Waals surface area contributed by atoms with Crippen molar-refractivity contribution >= 4 is 29.3 Å². The lowest BCUT2D eigenvalue weighted by molar-refractivity contribution is -0.128. The highest BCUT2D eigenvalue weighted by Gasteiger charge is 2.32. The Morgan fingerprint density at radius 1 is 1.00 bits per heavy atom. The highest BCUT2D eigenvalue weighted by Crippen LogP contribution is 2.39. The van der Waals surface area contributed by atoms with Crippen LogP contribution in [0.4, 0.5) is 5.69 Å². The van der Waals surface area contributed by atoms with E-state index in [2.05, 4.69) is 10.2 Å². The van der Waals surface area contributed by atoms with Gasteiger partial charge in [-0.2, -0.15) is 0 Å². The Labute approximate surface area is 193 Å². The maximum Gasteiger partial charge on any atom is 0.251 e. The summed E-state index contributed by atoms with van der Waals surface area (Å²) in [5, 5.41) is 2.96. The number of para-hydroxylation sites is 1. The van der Waals surface area contributed by atoms with Crippen LogP contribution in [0, 0.1) is 0 Å². The van der Waals surface area contributed by atoms with E-state index < -0.39 is 0 Å². The number of nitrogens with one attached hydrogen (secondary N) is 1. The number of anilines is 1. The lowest BCUT2D eigenvalue weighted by Crippen LogP contribution is -2.33. The summed E-state index contributed by atoms with van der Waals surface area (Å²) in [5.74, 6) is 0.539. The first kappa shape index (κ1) is 22.0. The molecule has 1 saturated heterocycles. The van der Waals surface area contributed by atoms with Crippen LogP contribution >= 0.6 is 11.8 Å². The average molecular weight is 446 g/mol. The van der Waals surface area contributed by atoms with Crippen LogP contribution in [0.25, 0.3) is 0 Å². The van der Waals surface area contributed by atoms with Crippen molar-refractivity contribution in [2.45, 2.75) is 11.9 Å². The standard InChI is InChI=1S/C26H27N3O2S/c1-28(23-10-6-3-7-11-23)17-16-27-25(31)21-12-14-22(15-13-21)26-29(24(30)19-32-26)18-20-8-4-2-5-9-20/h2-15,26H,16-19H2,1H3,(H,27,31). The Balaban J connectivity index is 1.33. The summed E-state index contributed by atoms with van der Waals surface area (Å²) in [6, 6.07) is 27.7. The predicted molar refractivity (Wildman–Crippen MR) is 131 cm³/mol. The average Bonchev–Trinajstić information content (AvgIpc) is 3.20. The van der Waals surface area contributed by atoms with Gasteiger partial charge in [-0.25, -0.2) is 0 Å². The van der Waals surface area contributed by atoms with Gasteiger partial charge in [0.25, 0.3) is 5.91 Å². The van der Waals surface area contributed by atoms with E-state index in [-0.39, 0.29) is 17.2 Å². The van der Waals surface area contributed by atoms with E-state index in [1.165, 1.54) is 0 Å². The number of carbonyl (C=O) groups excluding carboxylic acids is 2. The molecule has 1 heterocycles. The van der Waals surface area contributed by atoms with Crippen molar-refractivity contribution in [1.29, 1.82) is 0 Å². The summed E-state index contributed by atoms with van der Waals surface area (Å²) in [6.45, 7) is 1.88. The largest absolute Gasteiger partial charge is 0.373 e. The molecule has 3 aromatic carbocycles. The van der Waals surface area contributed by atoms with E-state index in [1.54, 1.807) is 11.8 Å². The number of hydrogen-bond donors (Lipinski definition) is 1. The maximum absolute atomic E-state index is 12.6. The molecule has 0 spiro atoms. The van der Waals surface area contributed by atoms with Crippen LogP contribution < -0.4 is 10.2 Å². The van der Waals surface area contributed by atoms with Crippen LogP contribution in [0.15, 0.2) is 84.9 Å². The Hall–Kier alpha value is -3.25. The Kier molecular flexibility index (Phi) is 7.12. The van der Waals surface area contributed by atoms with Crippen LogP contribution in [0.2, 0.25) is 0 Å². The van der Waals surface area contributed by atoms with Crippen LogP contribution in [0.1, 0.15) is 26.9 Å². The molecule has 6 heteroatoms. The molecule has 0 radical (unpaired) electrons. The molecule has 32 heavy (non-hydrogen) atoms. The van der Waals surface area contributed by atoms with Crippen molar-refractivity contribution in [2.75, 3.05) is 30.8 Å². The topological polar surface area (TPSA) is 52.7 Å². The highest BCUT2D eigenvalue weighted by atomic mass is 32.2. The molecule has 0 bridgehead atoms. The number of rotatable bonds is 8. The van der Waals surface area contributed by atoms with Gasteiger partial charge in [0.1, 0.15) is 5.37 Å². The monoisotopic (exact) mass is 445 g/mol. The van der Waals surface area contributed by atoms with Crippen molar-refractivity contribution in [3.8, 4) is 0 Å². The van der Waals surface area contributed by atoms with Crippen molar-refractivity contribution < 1.29 is 9.59 Å². The zero-order valence-electron chi connectivity index (χ0n) is 18.1. The SMILES string of the molecule is CN(CCNC(=O)c1ccc(C2SCC(=O)N2Cc2ccccc2)cc1)c1ccccc1. The molecule has 2 amide bonds. The van der Waals surface area contributed by atoms with Crippen LogP contribution in [0.3, 0.4) is 0 Å². The fourth-order valence-electron chi connectivity index (χ4n) is 3.73. The Morgan fingerprint density at radius 3 is 2.34 bits per heavy atom. The molecule has 0 saturated carbocycles. The fraction of sp³-hybridized carbons (Fsp3) is 0.231. The summed E-state index contributed by atoms with van der Waals surface area (Å²) >= 11 is 1.63. The second-order valence-corrected chi connectivity index (χ2v) is 8.87. The van der Waals surface area contributed by atoms with Crippen LogP contribution in [-0.4, -0.2) is 42.6 Å². The molecule has 164 valence electrons. The number of likely N-dealkylation sites (N-methyl/N-ethyl adjacent to an activating group) is 1. The predicted octanol–water partition coefficient (Wildman–Crippen LogP) is 4.33. The van der Waals surface area contributed by atoms with E-state index in [0.29, 0.717) is 24.4 Å². The molecule has 4 rings (SSSR count). The molecule has 0 aromatic heterocycles. The zero-order chi connectivity index (χ0) is 22.3. The normalized spacial score (nSPS) is 15.6. The third-order valence-electron chi connectivity index (χ3n) is 5.55. The summed E-state index contributed by atoms with van der Waals surface area (Å²) in [7, 11) is 2.01. The molecule has 5 nitrogen and oxygen atoms in total. The summed E-state index contributed by atoms with van der Waals surface area (Å²) in [6.07, 6.45) is 0. The van der Waals surface area contributed by atoms with Crippen LogP contribution in [-0.2, 0) is 11.3 Å². The molecular formula is C26H27N3O2S. The van der Waals surface area contributed by atoms with Gasteiger partial charge in [0.05, 0.1) is 5.75 Å². The smallest absolute Gasteiger partial charge is 0.251 e. The molecule has 1 fully saturated rings. The maximum atomic E-state index is 12.6. The molecule has 1 N–H and O–H groups in total. The number of thioether (sulfide) groups is 1. The van der Waals surface area contributed by atoms with Gasteiger partial charge in [0, 0.05) is 37.9 Å². The minimum atomic E-state index is -0.0886. The van der Waals surface area contributed by atoms with E-state index in [1.807, 2.05) is 96.9 Å². The minimum Gasteiger partial charge on any atom is -0.373 e. The summed E-state index contributed by atoms with van der Waals surface area (Å²) in [4.78, 5) is 29.0. The van der Waals surface area contributed by atoms with Gasteiger partial charge >= 0.3 is 0 Å². The van der Waals surface area contributed by atoms with Crippen molar-refractivity contribution in [1.82, 2.24) is 10.2 Å². The summed E-state index contributed by atoms with van der Waals surface area (Å²) in [5.41, 5.74) is 3.90. The van der Waals surface area contributed by atoms with Gasteiger partial charge in [0.2, 0.25) is 5.91 Å². The molecule has 1 unspecified atom stereocenters. The van der Waals surface area contributed by atoms with Gasteiger partial charge in [-0.1, -0.05) is 60.7 Å². The quantitative estimate of drug-likeness (QED) is 0.561. The van der Waals surface area contributed by atoms with E-state index in [0.717, 1.165) is 23.4 Å².